The summed E-state index contributed by atoms with van der Waals surface area (Å²) in [5.74, 6) is 0.867. The Hall–Kier alpha value is -1.52. The van der Waals surface area contributed by atoms with E-state index in [1.54, 1.807) is 12.1 Å². The van der Waals surface area contributed by atoms with E-state index in [4.69, 9.17) is 9.47 Å². The van der Waals surface area contributed by atoms with Crippen molar-refractivity contribution >= 4 is 31.8 Å². The maximum atomic E-state index is 13.0. The highest BCUT2D eigenvalue weighted by atomic mass is 79.9. The highest BCUT2D eigenvalue weighted by Gasteiger charge is 2.42. The Bertz CT molecular complexity index is 956. The molecule has 0 amide bonds. The molecule has 2 fully saturated rings. The Morgan fingerprint density at radius 1 is 1.13 bits per heavy atom. The first kappa shape index (κ1) is 21.7. The van der Waals surface area contributed by atoms with Gasteiger partial charge in [-0.2, -0.15) is 0 Å². The second kappa shape index (κ2) is 9.32. The quantitative estimate of drug-likeness (QED) is 0.612. The number of ether oxygens (including phenoxy) is 2. The number of hydrogen-bond donors (Lipinski definition) is 2. The lowest BCUT2D eigenvalue weighted by atomic mass is 9.73. The molecular weight excluding hydrogens is 470 g/mol. The monoisotopic (exact) mass is 495 g/mol. The van der Waals surface area contributed by atoms with E-state index in [0.717, 1.165) is 29.3 Å². The van der Waals surface area contributed by atoms with Crippen LogP contribution in [0.1, 0.15) is 24.8 Å². The van der Waals surface area contributed by atoms with Crippen molar-refractivity contribution in [3.05, 3.63) is 52.6 Å². The van der Waals surface area contributed by atoms with Crippen molar-refractivity contribution in [2.24, 2.45) is 5.92 Å². The first-order valence-electron chi connectivity index (χ1n) is 10.1. The molecule has 1 saturated heterocycles. The minimum atomic E-state index is -3.69. The van der Waals surface area contributed by atoms with Crippen molar-refractivity contribution in [1.29, 1.82) is 0 Å². The lowest BCUT2D eigenvalue weighted by Crippen LogP contribution is -2.50. The Morgan fingerprint density at radius 2 is 1.90 bits per heavy atom. The van der Waals surface area contributed by atoms with Gasteiger partial charge in [-0.25, -0.2) is 18.1 Å². The number of anilines is 1. The lowest BCUT2D eigenvalue weighted by Gasteiger charge is -2.42. The fourth-order valence-corrected chi connectivity index (χ4v) is 5.55. The van der Waals surface area contributed by atoms with Crippen LogP contribution < -0.4 is 10.0 Å². The SMILES string of the molecule is O=S(=O)(NC1(c2cccc(Br)c2)CCC1)c1ccc(NCC2COCCOC2)nc1. The summed E-state index contributed by atoms with van der Waals surface area (Å²) in [4.78, 5) is 4.46. The molecule has 1 aliphatic carbocycles. The second-order valence-corrected chi connectivity index (χ2v) is 10.4. The fraction of sp³-hybridized carbons (Fsp3) is 0.476. The second-order valence-electron chi connectivity index (χ2n) is 7.83. The lowest BCUT2D eigenvalue weighted by molar-refractivity contribution is 0.103. The van der Waals surface area contributed by atoms with E-state index >= 15 is 0 Å². The van der Waals surface area contributed by atoms with E-state index in [1.165, 1.54) is 6.20 Å². The third-order valence-electron chi connectivity index (χ3n) is 5.61. The number of rotatable bonds is 7. The molecule has 1 aliphatic heterocycles. The van der Waals surface area contributed by atoms with Crippen LogP contribution in [-0.4, -0.2) is 46.4 Å². The maximum Gasteiger partial charge on any atom is 0.242 e. The zero-order chi connectivity index (χ0) is 21.0. The van der Waals surface area contributed by atoms with Crippen molar-refractivity contribution in [3.63, 3.8) is 0 Å². The molecule has 0 atom stereocenters. The van der Waals surface area contributed by atoms with Crippen LogP contribution in [0, 0.1) is 5.92 Å². The standard InChI is InChI=1S/C21H26BrN3O4S/c22-18-4-1-3-17(11-18)21(7-2-8-21)25-30(26,27)19-5-6-20(24-13-19)23-12-16-14-28-9-10-29-15-16/h1,3-6,11,13,16,25H,2,7-10,12,14-15H2,(H,23,24). The Kier molecular flexibility index (Phi) is 6.74. The van der Waals surface area contributed by atoms with Gasteiger partial charge in [0, 0.05) is 23.1 Å². The minimum Gasteiger partial charge on any atom is -0.379 e. The molecule has 7 nitrogen and oxygen atoms in total. The molecule has 0 spiro atoms. The third-order valence-corrected chi connectivity index (χ3v) is 7.63. The van der Waals surface area contributed by atoms with Crippen molar-refractivity contribution < 1.29 is 17.9 Å². The summed E-state index contributed by atoms with van der Waals surface area (Å²) >= 11 is 3.48. The van der Waals surface area contributed by atoms with E-state index < -0.39 is 15.6 Å². The van der Waals surface area contributed by atoms with Gasteiger partial charge in [-0.3, -0.25) is 0 Å². The van der Waals surface area contributed by atoms with E-state index in [2.05, 4.69) is 31.0 Å². The van der Waals surface area contributed by atoms with E-state index in [1.807, 2.05) is 24.3 Å². The molecule has 2 aromatic rings. The molecule has 4 rings (SSSR count). The van der Waals surface area contributed by atoms with Gasteiger partial charge in [0.25, 0.3) is 0 Å². The van der Waals surface area contributed by atoms with Crippen LogP contribution in [0.3, 0.4) is 0 Å². The largest absolute Gasteiger partial charge is 0.379 e. The molecule has 1 aromatic heterocycles. The van der Waals surface area contributed by atoms with Gasteiger partial charge in [0.05, 0.1) is 32.0 Å². The summed E-state index contributed by atoms with van der Waals surface area (Å²) < 4.78 is 40.9. The summed E-state index contributed by atoms with van der Waals surface area (Å²) in [6, 6.07) is 11.1. The van der Waals surface area contributed by atoms with Crippen molar-refractivity contribution in [3.8, 4) is 0 Å². The predicted molar refractivity (Wildman–Crippen MR) is 118 cm³/mol. The first-order chi connectivity index (χ1) is 14.5. The summed E-state index contributed by atoms with van der Waals surface area (Å²) in [7, 11) is -3.69. The molecular formula is C21H26BrN3O4S. The Balaban J connectivity index is 1.42. The van der Waals surface area contributed by atoms with Crippen LogP contribution in [0.5, 0.6) is 0 Å². The van der Waals surface area contributed by atoms with Gasteiger partial charge < -0.3 is 14.8 Å². The van der Waals surface area contributed by atoms with E-state index in [0.29, 0.717) is 38.8 Å². The van der Waals surface area contributed by atoms with Crippen LogP contribution in [0.2, 0.25) is 0 Å². The Labute approximate surface area is 185 Å². The zero-order valence-electron chi connectivity index (χ0n) is 16.6. The summed E-state index contributed by atoms with van der Waals surface area (Å²) in [6.45, 7) is 3.18. The first-order valence-corrected chi connectivity index (χ1v) is 12.4. The predicted octanol–water partition coefficient (Wildman–Crippen LogP) is 3.28. The van der Waals surface area contributed by atoms with Crippen molar-refractivity contribution in [2.45, 2.75) is 29.7 Å². The smallest absolute Gasteiger partial charge is 0.242 e. The van der Waals surface area contributed by atoms with Crippen molar-refractivity contribution in [1.82, 2.24) is 9.71 Å². The zero-order valence-corrected chi connectivity index (χ0v) is 19.0. The molecule has 9 heteroatoms. The molecule has 1 aromatic carbocycles. The summed E-state index contributed by atoms with van der Waals surface area (Å²) in [6.07, 6.45) is 3.95. The van der Waals surface area contributed by atoms with Crippen molar-refractivity contribution in [2.75, 3.05) is 38.3 Å². The van der Waals surface area contributed by atoms with Gasteiger partial charge in [0.2, 0.25) is 10.0 Å². The normalized spacial score (nSPS) is 19.6. The molecule has 0 bridgehead atoms. The fourth-order valence-electron chi connectivity index (χ4n) is 3.76. The van der Waals surface area contributed by atoms with Gasteiger partial charge in [0.15, 0.2) is 0 Å². The summed E-state index contributed by atoms with van der Waals surface area (Å²) in [5, 5.41) is 3.23. The molecule has 2 aliphatic rings. The number of nitrogens with one attached hydrogen (secondary N) is 2. The molecule has 0 unspecified atom stereocenters. The topological polar surface area (TPSA) is 89.6 Å². The van der Waals surface area contributed by atoms with E-state index in [-0.39, 0.29) is 10.8 Å². The molecule has 162 valence electrons. The number of pyridine rings is 1. The molecule has 2 N–H and O–H groups in total. The average Bonchev–Trinajstić information content (AvgIpc) is 2.98. The Morgan fingerprint density at radius 3 is 2.50 bits per heavy atom. The number of benzene rings is 1. The van der Waals surface area contributed by atoms with Gasteiger partial charge in [-0.05, 0) is 49.1 Å². The highest BCUT2D eigenvalue weighted by Crippen LogP contribution is 2.43. The molecule has 2 heterocycles. The number of halogens is 1. The van der Waals surface area contributed by atoms with Gasteiger partial charge >= 0.3 is 0 Å². The number of hydrogen-bond acceptors (Lipinski definition) is 6. The average molecular weight is 496 g/mol. The van der Waals surface area contributed by atoms with Crippen LogP contribution >= 0.6 is 15.9 Å². The maximum absolute atomic E-state index is 13.0. The minimum absolute atomic E-state index is 0.162. The van der Waals surface area contributed by atoms with Crippen LogP contribution in [0.25, 0.3) is 0 Å². The van der Waals surface area contributed by atoms with Crippen LogP contribution in [0.4, 0.5) is 5.82 Å². The van der Waals surface area contributed by atoms with Gasteiger partial charge in [0.1, 0.15) is 10.7 Å². The van der Waals surface area contributed by atoms with Crippen LogP contribution in [0.15, 0.2) is 52.0 Å². The van der Waals surface area contributed by atoms with Gasteiger partial charge in [-0.1, -0.05) is 28.1 Å². The molecule has 1 saturated carbocycles. The summed E-state index contributed by atoms with van der Waals surface area (Å²) in [5.41, 5.74) is 0.421. The molecule has 30 heavy (non-hydrogen) atoms. The number of sulfonamides is 1. The number of aromatic nitrogens is 1. The van der Waals surface area contributed by atoms with Crippen LogP contribution in [-0.2, 0) is 25.0 Å². The highest BCUT2D eigenvalue weighted by molar-refractivity contribution is 9.10. The number of nitrogens with zero attached hydrogens (tertiary/aromatic N) is 1. The van der Waals surface area contributed by atoms with E-state index in [9.17, 15) is 8.42 Å². The molecule has 0 radical (unpaired) electrons. The third kappa shape index (κ3) is 5.03. The van der Waals surface area contributed by atoms with Gasteiger partial charge in [-0.15, -0.1) is 0 Å².